The zero-order valence-electron chi connectivity index (χ0n) is 14.1. The Bertz CT molecular complexity index is 813. The van der Waals surface area contributed by atoms with Crippen molar-refractivity contribution in [2.45, 2.75) is 26.2 Å². The van der Waals surface area contributed by atoms with E-state index in [9.17, 15) is 0 Å². The highest BCUT2D eigenvalue weighted by atomic mass is 14.0. The second kappa shape index (κ2) is 8.18. The number of hydrogen-bond acceptors (Lipinski definition) is 0. The average Bonchev–Trinajstić information content (AvgIpc) is 2.67. The summed E-state index contributed by atoms with van der Waals surface area (Å²) in [5.41, 5.74) is 5.97. The van der Waals surface area contributed by atoms with Gasteiger partial charge in [-0.2, -0.15) is 0 Å². The van der Waals surface area contributed by atoms with Crippen LogP contribution in [0.25, 0.3) is 11.1 Å². The van der Waals surface area contributed by atoms with Gasteiger partial charge in [0.15, 0.2) is 0 Å². The van der Waals surface area contributed by atoms with Crippen LogP contribution < -0.4 is 0 Å². The first kappa shape index (κ1) is 16.1. The third kappa shape index (κ3) is 4.37. The molecule has 0 saturated carbocycles. The first-order valence-corrected chi connectivity index (χ1v) is 8.61. The Labute approximate surface area is 145 Å². The van der Waals surface area contributed by atoms with E-state index < -0.39 is 0 Å². The van der Waals surface area contributed by atoms with Gasteiger partial charge in [0.25, 0.3) is 0 Å². The minimum absolute atomic E-state index is 1.05. The maximum atomic E-state index is 3.25. The van der Waals surface area contributed by atoms with Crippen LogP contribution in [0.1, 0.15) is 36.5 Å². The summed E-state index contributed by atoms with van der Waals surface area (Å²) in [6, 6.07) is 27.5. The molecule has 0 heteroatoms. The van der Waals surface area contributed by atoms with Crippen molar-refractivity contribution in [1.29, 1.82) is 0 Å². The maximum Gasteiger partial charge on any atom is 0.0249 e. The first-order valence-electron chi connectivity index (χ1n) is 8.61. The van der Waals surface area contributed by atoms with Crippen LogP contribution in [-0.4, -0.2) is 0 Å². The number of rotatable bonds is 4. The summed E-state index contributed by atoms with van der Waals surface area (Å²) in [6.07, 6.45) is 3.64. The van der Waals surface area contributed by atoms with Crippen LogP contribution in [0.5, 0.6) is 0 Å². The van der Waals surface area contributed by atoms with Gasteiger partial charge in [-0.1, -0.05) is 79.8 Å². The van der Waals surface area contributed by atoms with Gasteiger partial charge in [0.2, 0.25) is 0 Å². The average molecular weight is 310 g/mol. The van der Waals surface area contributed by atoms with Crippen LogP contribution in [0.3, 0.4) is 0 Å². The van der Waals surface area contributed by atoms with Crippen LogP contribution in [0.15, 0.2) is 78.9 Å². The molecule has 0 nitrogen and oxygen atoms in total. The molecular weight excluding hydrogens is 288 g/mol. The Balaban J connectivity index is 1.69. The van der Waals surface area contributed by atoms with Crippen LogP contribution in [0.2, 0.25) is 0 Å². The SMILES string of the molecule is CCCCc1ccc(C#Cc2ccc(-c3ccccc3)cc2)cc1. The van der Waals surface area contributed by atoms with E-state index in [1.54, 1.807) is 0 Å². The molecule has 0 aromatic heterocycles. The van der Waals surface area contributed by atoms with Crippen LogP contribution >= 0.6 is 0 Å². The molecule has 118 valence electrons. The quantitative estimate of drug-likeness (QED) is 0.511. The van der Waals surface area contributed by atoms with Crippen molar-refractivity contribution in [1.82, 2.24) is 0 Å². The second-order valence-electron chi connectivity index (χ2n) is 5.99. The van der Waals surface area contributed by atoms with Crippen LogP contribution in [0, 0.1) is 11.8 Å². The molecule has 3 aromatic carbocycles. The van der Waals surface area contributed by atoms with Gasteiger partial charge in [-0.25, -0.2) is 0 Å². The Morgan fingerprint density at radius 1 is 0.625 bits per heavy atom. The van der Waals surface area contributed by atoms with Gasteiger partial charge in [-0.05, 0) is 53.8 Å². The molecular formula is C24H22. The Morgan fingerprint density at radius 3 is 1.75 bits per heavy atom. The van der Waals surface area contributed by atoms with E-state index >= 15 is 0 Å². The molecule has 0 radical (unpaired) electrons. The molecule has 0 spiro atoms. The maximum absolute atomic E-state index is 3.25. The summed E-state index contributed by atoms with van der Waals surface area (Å²) in [5, 5.41) is 0. The molecule has 0 bridgehead atoms. The summed E-state index contributed by atoms with van der Waals surface area (Å²) in [4.78, 5) is 0. The lowest BCUT2D eigenvalue weighted by Crippen LogP contribution is -1.84. The smallest absolute Gasteiger partial charge is 0.0249 e. The van der Waals surface area contributed by atoms with Gasteiger partial charge in [-0.3, -0.25) is 0 Å². The van der Waals surface area contributed by atoms with E-state index in [1.165, 1.54) is 29.5 Å². The van der Waals surface area contributed by atoms with Crippen molar-refractivity contribution in [3.63, 3.8) is 0 Å². The van der Waals surface area contributed by atoms with Crippen LogP contribution in [-0.2, 0) is 6.42 Å². The second-order valence-corrected chi connectivity index (χ2v) is 5.99. The third-order valence-corrected chi connectivity index (χ3v) is 4.12. The van der Waals surface area contributed by atoms with Gasteiger partial charge in [0.1, 0.15) is 0 Å². The Morgan fingerprint density at radius 2 is 1.17 bits per heavy atom. The first-order chi connectivity index (χ1) is 11.8. The lowest BCUT2D eigenvalue weighted by molar-refractivity contribution is 0.795. The predicted molar refractivity (Wildman–Crippen MR) is 103 cm³/mol. The van der Waals surface area contributed by atoms with E-state index in [0.29, 0.717) is 0 Å². The molecule has 0 fully saturated rings. The molecule has 0 unspecified atom stereocenters. The Hall–Kier alpha value is -2.78. The summed E-state index contributed by atoms with van der Waals surface area (Å²) in [7, 11) is 0. The van der Waals surface area contributed by atoms with E-state index in [0.717, 1.165) is 17.5 Å². The number of benzene rings is 3. The summed E-state index contributed by atoms with van der Waals surface area (Å²) in [5.74, 6) is 6.51. The highest BCUT2D eigenvalue weighted by Crippen LogP contribution is 2.19. The predicted octanol–water partition coefficient (Wildman–Crippen LogP) is 6.10. The number of unbranched alkanes of at least 4 members (excludes halogenated alkanes) is 1. The van der Waals surface area contributed by atoms with Gasteiger partial charge in [0, 0.05) is 11.1 Å². The number of hydrogen-bond donors (Lipinski definition) is 0. The zero-order valence-corrected chi connectivity index (χ0v) is 14.1. The standard InChI is InChI=1S/C24H22/c1-2-3-7-20-10-12-21(13-11-20)14-15-22-16-18-24(19-17-22)23-8-5-4-6-9-23/h4-6,8-13,16-19H,2-3,7H2,1H3. The molecule has 0 amide bonds. The van der Waals surface area contributed by atoms with Crippen molar-refractivity contribution >= 4 is 0 Å². The van der Waals surface area contributed by atoms with Crippen molar-refractivity contribution < 1.29 is 0 Å². The molecule has 0 aliphatic heterocycles. The van der Waals surface area contributed by atoms with Crippen molar-refractivity contribution in [2.24, 2.45) is 0 Å². The molecule has 3 aromatic rings. The van der Waals surface area contributed by atoms with E-state index in [-0.39, 0.29) is 0 Å². The van der Waals surface area contributed by atoms with Gasteiger partial charge in [0.05, 0.1) is 0 Å². The summed E-state index contributed by atoms with van der Waals surface area (Å²) in [6.45, 7) is 2.23. The molecule has 0 aliphatic rings. The largest absolute Gasteiger partial charge is 0.0654 e. The van der Waals surface area contributed by atoms with Gasteiger partial charge in [-0.15, -0.1) is 0 Å². The topological polar surface area (TPSA) is 0 Å². The molecule has 0 heterocycles. The monoisotopic (exact) mass is 310 g/mol. The van der Waals surface area contributed by atoms with Crippen molar-refractivity contribution in [3.8, 4) is 23.0 Å². The van der Waals surface area contributed by atoms with Crippen molar-refractivity contribution in [2.75, 3.05) is 0 Å². The zero-order chi connectivity index (χ0) is 16.6. The fourth-order valence-electron chi connectivity index (χ4n) is 2.66. The minimum Gasteiger partial charge on any atom is -0.0654 e. The molecule has 0 aliphatic carbocycles. The van der Waals surface area contributed by atoms with E-state index in [4.69, 9.17) is 0 Å². The molecule has 0 atom stereocenters. The lowest BCUT2D eigenvalue weighted by atomic mass is 10.0. The molecule has 0 N–H and O–H groups in total. The van der Waals surface area contributed by atoms with E-state index in [1.807, 2.05) is 6.07 Å². The highest BCUT2D eigenvalue weighted by molar-refractivity contribution is 5.64. The normalized spacial score (nSPS) is 10.0. The van der Waals surface area contributed by atoms with Gasteiger partial charge >= 0.3 is 0 Å². The van der Waals surface area contributed by atoms with Crippen LogP contribution in [0.4, 0.5) is 0 Å². The fourth-order valence-corrected chi connectivity index (χ4v) is 2.66. The van der Waals surface area contributed by atoms with Crippen molar-refractivity contribution in [3.05, 3.63) is 95.6 Å². The minimum atomic E-state index is 1.05. The highest BCUT2D eigenvalue weighted by Gasteiger charge is 1.96. The summed E-state index contributed by atoms with van der Waals surface area (Å²) >= 11 is 0. The summed E-state index contributed by atoms with van der Waals surface area (Å²) < 4.78 is 0. The number of aryl methyl sites for hydroxylation is 1. The fraction of sp³-hybridized carbons (Fsp3) is 0.167. The Kier molecular flexibility index (Phi) is 5.48. The lowest BCUT2D eigenvalue weighted by Gasteiger charge is -2.01. The van der Waals surface area contributed by atoms with Gasteiger partial charge < -0.3 is 0 Å². The van der Waals surface area contributed by atoms with E-state index in [2.05, 4.69) is 91.6 Å². The third-order valence-electron chi connectivity index (χ3n) is 4.12. The molecule has 3 rings (SSSR count). The molecule has 24 heavy (non-hydrogen) atoms. The molecule has 0 saturated heterocycles.